The van der Waals surface area contributed by atoms with Crippen LogP contribution >= 0.6 is 0 Å². The lowest BCUT2D eigenvalue weighted by Crippen LogP contribution is -2.02. The third-order valence-electron chi connectivity index (χ3n) is 3.26. The summed E-state index contributed by atoms with van der Waals surface area (Å²) in [6, 6.07) is 9.05. The van der Waals surface area contributed by atoms with Gasteiger partial charge in [-0.15, -0.1) is 0 Å². The zero-order valence-electron chi connectivity index (χ0n) is 12.2. The summed E-state index contributed by atoms with van der Waals surface area (Å²) in [7, 11) is 0. The highest BCUT2D eigenvalue weighted by atomic mass is 16.4. The van der Waals surface area contributed by atoms with E-state index in [2.05, 4.69) is 15.1 Å². The SMILES string of the molecule is Cc1cnc(-c2ccc(-n3nc(C(=O)O)cc3C)cc2)nc1. The largest absolute Gasteiger partial charge is 0.476 e. The van der Waals surface area contributed by atoms with Crippen LogP contribution in [0.25, 0.3) is 17.1 Å². The van der Waals surface area contributed by atoms with E-state index in [4.69, 9.17) is 5.11 Å². The summed E-state index contributed by atoms with van der Waals surface area (Å²) in [6.07, 6.45) is 3.54. The van der Waals surface area contributed by atoms with Crippen LogP contribution in [0.2, 0.25) is 0 Å². The van der Waals surface area contributed by atoms with Crippen molar-refractivity contribution < 1.29 is 9.90 Å². The molecular weight excluding hydrogens is 280 g/mol. The second-order valence-corrected chi connectivity index (χ2v) is 5.02. The van der Waals surface area contributed by atoms with Crippen molar-refractivity contribution in [1.29, 1.82) is 0 Å². The molecule has 0 bridgehead atoms. The first-order valence-electron chi connectivity index (χ1n) is 6.74. The highest BCUT2D eigenvalue weighted by Crippen LogP contribution is 2.18. The molecule has 110 valence electrons. The van der Waals surface area contributed by atoms with Gasteiger partial charge in [0.2, 0.25) is 0 Å². The van der Waals surface area contributed by atoms with Crippen molar-refractivity contribution in [2.45, 2.75) is 13.8 Å². The van der Waals surface area contributed by atoms with E-state index < -0.39 is 5.97 Å². The van der Waals surface area contributed by atoms with Crippen LogP contribution in [0, 0.1) is 13.8 Å². The second-order valence-electron chi connectivity index (χ2n) is 5.02. The summed E-state index contributed by atoms with van der Waals surface area (Å²) < 4.78 is 1.60. The number of nitrogens with zero attached hydrogens (tertiary/aromatic N) is 4. The summed E-state index contributed by atoms with van der Waals surface area (Å²) in [5.41, 5.74) is 3.49. The molecule has 0 fully saturated rings. The number of carboxylic acid groups (broad SMARTS) is 1. The lowest BCUT2D eigenvalue weighted by atomic mass is 10.2. The number of benzene rings is 1. The standard InChI is InChI=1S/C16H14N4O2/c1-10-8-17-15(18-9-10)12-3-5-13(6-4-12)20-11(2)7-14(19-20)16(21)22/h3-9H,1-2H3,(H,21,22). The molecule has 0 amide bonds. The Morgan fingerprint density at radius 1 is 1.09 bits per heavy atom. The molecule has 3 rings (SSSR count). The molecule has 0 unspecified atom stereocenters. The molecule has 0 aliphatic carbocycles. The Bertz CT molecular complexity index is 820. The van der Waals surface area contributed by atoms with Crippen molar-refractivity contribution in [3.05, 3.63) is 59.7 Å². The monoisotopic (exact) mass is 294 g/mol. The van der Waals surface area contributed by atoms with Crippen LogP contribution in [0.1, 0.15) is 21.7 Å². The van der Waals surface area contributed by atoms with Crippen LogP contribution in [0.4, 0.5) is 0 Å². The lowest BCUT2D eigenvalue weighted by Gasteiger charge is -2.05. The maximum atomic E-state index is 11.0. The van der Waals surface area contributed by atoms with E-state index in [1.165, 1.54) is 0 Å². The van der Waals surface area contributed by atoms with Gasteiger partial charge in [-0.1, -0.05) is 0 Å². The predicted octanol–water partition coefficient (Wildman–Crippen LogP) is 2.64. The van der Waals surface area contributed by atoms with E-state index in [-0.39, 0.29) is 5.69 Å². The fourth-order valence-electron chi connectivity index (χ4n) is 2.13. The molecule has 3 aromatic rings. The highest BCUT2D eigenvalue weighted by molar-refractivity contribution is 5.85. The van der Waals surface area contributed by atoms with E-state index in [1.54, 1.807) is 23.1 Å². The van der Waals surface area contributed by atoms with Gasteiger partial charge in [0.05, 0.1) is 5.69 Å². The van der Waals surface area contributed by atoms with Crippen molar-refractivity contribution in [2.24, 2.45) is 0 Å². The topological polar surface area (TPSA) is 80.9 Å². The Hall–Kier alpha value is -3.02. The number of hydrogen-bond acceptors (Lipinski definition) is 4. The normalized spacial score (nSPS) is 10.6. The highest BCUT2D eigenvalue weighted by Gasteiger charge is 2.11. The molecule has 0 aliphatic rings. The van der Waals surface area contributed by atoms with E-state index in [9.17, 15) is 4.79 Å². The maximum Gasteiger partial charge on any atom is 0.356 e. The summed E-state index contributed by atoms with van der Waals surface area (Å²) in [5, 5.41) is 13.1. The summed E-state index contributed by atoms with van der Waals surface area (Å²) in [4.78, 5) is 19.5. The minimum absolute atomic E-state index is 0.0310. The van der Waals surface area contributed by atoms with E-state index in [0.29, 0.717) is 5.82 Å². The van der Waals surface area contributed by atoms with Crippen LogP contribution in [0.5, 0.6) is 0 Å². The molecule has 0 aliphatic heterocycles. The minimum Gasteiger partial charge on any atom is -0.476 e. The Labute approximate surface area is 127 Å². The fraction of sp³-hybridized carbons (Fsp3) is 0.125. The average Bonchev–Trinajstić information content (AvgIpc) is 2.91. The smallest absolute Gasteiger partial charge is 0.356 e. The summed E-state index contributed by atoms with van der Waals surface area (Å²) in [5.74, 6) is -0.382. The van der Waals surface area contributed by atoms with Crippen molar-refractivity contribution >= 4 is 5.97 Å². The van der Waals surface area contributed by atoms with Crippen molar-refractivity contribution in [2.75, 3.05) is 0 Å². The maximum absolute atomic E-state index is 11.0. The van der Waals surface area contributed by atoms with Gasteiger partial charge >= 0.3 is 5.97 Å². The molecule has 0 radical (unpaired) electrons. The van der Waals surface area contributed by atoms with Crippen molar-refractivity contribution in [3.8, 4) is 17.1 Å². The van der Waals surface area contributed by atoms with Gasteiger partial charge < -0.3 is 5.11 Å². The molecule has 2 heterocycles. The van der Waals surface area contributed by atoms with E-state index >= 15 is 0 Å². The van der Waals surface area contributed by atoms with Gasteiger partial charge in [0.25, 0.3) is 0 Å². The third-order valence-corrected chi connectivity index (χ3v) is 3.26. The van der Waals surface area contributed by atoms with Crippen LogP contribution < -0.4 is 0 Å². The quantitative estimate of drug-likeness (QED) is 0.803. The first-order chi connectivity index (χ1) is 10.5. The van der Waals surface area contributed by atoms with Gasteiger partial charge in [-0.2, -0.15) is 5.10 Å². The van der Waals surface area contributed by atoms with Crippen molar-refractivity contribution in [3.63, 3.8) is 0 Å². The number of aryl methyl sites for hydroxylation is 2. The molecule has 22 heavy (non-hydrogen) atoms. The number of aromatic carboxylic acids is 1. The zero-order chi connectivity index (χ0) is 15.7. The second kappa shape index (κ2) is 5.40. The van der Waals surface area contributed by atoms with Crippen LogP contribution in [-0.4, -0.2) is 30.8 Å². The van der Waals surface area contributed by atoms with Crippen LogP contribution in [-0.2, 0) is 0 Å². The first kappa shape index (κ1) is 13.9. The lowest BCUT2D eigenvalue weighted by molar-refractivity contribution is 0.0690. The fourth-order valence-corrected chi connectivity index (χ4v) is 2.13. The van der Waals surface area contributed by atoms with Gasteiger partial charge in [0.15, 0.2) is 11.5 Å². The zero-order valence-corrected chi connectivity index (χ0v) is 12.2. The molecule has 0 saturated carbocycles. The van der Waals surface area contributed by atoms with Gasteiger partial charge in [-0.05, 0) is 49.7 Å². The van der Waals surface area contributed by atoms with Gasteiger partial charge in [-0.3, -0.25) is 0 Å². The number of carbonyl (C=O) groups is 1. The van der Waals surface area contributed by atoms with Crippen LogP contribution in [0.15, 0.2) is 42.7 Å². The van der Waals surface area contributed by atoms with E-state index in [1.807, 2.05) is 38.1 Å². The Balaban J connectivity index is 1.94. The summed E-state index contributed by atoms with van der Waals surface area (Å²) >= 11 is 0. The number of hydrogen-bond donors (Lipinski definition) is 1. The number of rotatable bonds is 3. The summed E-state index contributed by atoms with van der Waals surface area (Å²) in [6.45, 7) is 3.75. The van der Waals surface area contributed by atoms with Gasteiger partial charge in [0, 0.05) is 23.7 Å². The minimum atomic E-state index is -1.04. The molecule has 0 spiro atoms. The molecule has 0 atom stereocenters. The van der Waals surface area contributed by atoms with E-state index in [0.717, 1.165) is 22.5 Å². The molecular formula is C16H14N4O2. The van der Waals surface area contributed by atoms with Crippen LogP contribution in [0.3, 0.4) is 0 Å². The Morgan fingerprint density at radius 2 is 1.73 bits per heavy atom. The predicted molar refractivity (Wildman–Crippen MR) is 81.0 cm³/mol. The molecule has 1 N–H and O–H groups in total. The molecule has 6 nitrogen and oxygen atoms in total. The third kappa shape index (κ3) is 2.58. The van der Waals surface area contributed by atoms with Gasteiger partial charge in [-0.25, -0.2) is 19.4 Å². The molecule has 0 saturated heterocycles. The van der Waals surface area contributed by atoms with Crippen molar-refractivity contribution in [1.82, 2.24) is 19.7 Å². The number of aromatic nitrogens is 4. The average molecular weight is 294 g/mol. The molecule has 2 aromatic heterocycles. The van der Waals surface area contributed by atoms with Gasteiger partial charge in [0.1, 0.15) is 0 Å². The molecule has 1 aromatic carbocycles. The molecule has 6 heteroatoms. The number of carboxylic acids is 1. The first-order valence-corrected chi connectivity index (χ1v) is 6.74. The Kier molecular flexibility index (Phi) is 3.42. The Morgan fingerprint density at radius 3 is 2.27 bits per heavy atom.